The lowest BCUT2D eigenvalue weighted by atomic mass is 10.2. The molecule has 1 heterocycles. The van der Waals surface area contributed by atoms with Gasteiger partial charge in [-0.3, -0.25) is 0 Å². The Labute approximate surface area is 176 Å². The number of nitrogens with zero attached hydrogens (tertiary/aromatic N) is 4. The minimum absolute atomic E-state index is 0.106. The Balaban J connectivity index is 1.94. The molecule has 0 saturated carbocycles. The van der Waals surface area contributed by atoms with E-state index in [2.05, 4.69) is 5.10 Å². The molecular weight excluding hydrogens is 380 g/mol. The van der Waals surface area contributed by atoms with Crippen LogP contribution in [0.5, 0.6) is 5.75 Å². The maximum absolute atomic E-state index is 12.1. The molecule has 0 aliphatic heterocycles. The van der Waals surface area contributed by atoms with Crippen molar-refractivity contribution in [3.8, 4) is 17.1 Å². The second kappa shape index (κ2) is 9.73. The lowest BCUT2D eigenvalue weighted by Gasteiger charge is -2.11. The summed E-state index contributed by atoms with van der Waals surface area (Å²) < 4.78 is 13.9. The van der Waals surface area contributed by atoms with Crippen LogP contribution < -0.4 is 14.2 Å². The molecule has 0 N–H and O–H groups in total. The number of hydrogen-bond donors (Lipinski definition) is 0. The Kier molecular flexibility index (Phi) is 6.85. The van der Waals surface area contributed by atoms with E-state index in [1.807, 2.05) is 84.5 Å². The number of rotatable bonds is 8. The fourth-order valence-corrected chi connectivity index (χ4v) is 3.01. The molecule has 0 saturated heterocycles. The van der Waals surface area contributed by atoms with Gasteiger partial charge in [-0.2, -0.15) is 0 Å². The van der Waals surface area contributed by atoms with Crippen molar-refractivity contribution < 1.29 is 18.8 Å². The zero-order chi connectivity index (χ0) is 21.5. The summed E-state index contributed by atoms with van der Waals surface area (Å²) >= 11 is 0. The van der Waals surface area contributed by atoms with Crippen LogP contribution >= 0.6 is 0 Å². The number of anilines is 1. The Morgan fingerprint density at radius 1 is 1.13 bits per heavy atom. The average Bonchev–Trinajstić information content (AvgIpc) is 3.15. The smallest absolute Gasteiger partial charge is 0.348 e. The SMILES string of the molecule is CCOC(=O)C[n+]1ccn(N=Cc2ccc(N(C)C)cc2)c1-c1ccc(OC)cc1. The molecule has 3 rings (SSSR count). The molecule has 0 spiro atoms. The molecule has 0 aliphatic rings. The van der Waals surface area contributed by atoms with Crippen LogP contribution in [0, 0.1) is 0 Å². The topological polar surface area (TPSA) is 59.9 Å². The number of carbonyl (C=O) groups excluding carboxylic acids is 1. The normalized spacial score (nSPS) is 10.9. The van der Waals surface area contributed by atoms with Crippen LogP contribution in [-0.4, -0.2) is 44.7 Å². The number of hydrogen-bond acceptors (Lipinski definition) is 5. The van der Waals surface area contributed by atoms with Gasteiger partial charge in [0, 0.05) is 19.8 Å². The number of imidazole rings is 1. The van der Waals surface area contributed by atoms with Crippen LogP contribution in [-0.2, 0) is 16.1 Å². The number of ether oxygens (including phenoxy) is 2. The highest BCUT2D eigenvalue weighted by atomic mass is 16.5. The van der Waals surface area contributed by atoms with Crippen LogP contribution in [0.3, 0.4) is 0 Å². The van der Waals surface area contributed by atoms with Gasteiger partial charge in [-0.15, -0.1) is 4.68 Å². The first-order valence-corrected chi connectivity index (χ1v) is 9.74. The highest BCUT2D eigenvalue weighted by Gasteiger charge is 2.22. The molecule has 1 aromatic heterocycles. The first-order chi connectivity index (χ1) is 14.5. The quantitative estimate of drug-likeness (QED) is 0.327. The van der Waals surface area contributed by atoms with Crippen molar-refractivity contribution in [1.82, 2.24) is 4.68 Å². The molecule has 156 valence electrons. The minimum atomic E-state index is -0.293. The van der Waals surface area contributed by atoms with Gasteiger partial charge in [0.05, 0.1) is 25.5 Å². The fraction of sp³-hybridized carbons (Fsp3) is 0.261. The Morgan fingerprint density at radius 3 is 2.43 bits per heavy atom. The van der Waals surface area contributed by atoms with E-state index >= 15 is 0 Å². The summed E-state index contributed by atoms with van der Waals surface area (Å²) in [5, 5.41) is 4.62. The van der Waals surface area contributed by atoms with Gasteiger partial charge >= 0.3 is 11.8 Å². The summed E-state index contributed by atoms with van der Waals surface area (Å²) in [6.45, 7) is 2.25. The Morgan fingerprint density at radius 2 is 1.83 bits per heavy atom. The molecule has 0 atom stereocenters. The molecule has 0 bridgehead atoms. The van der Waals surface area contributed by atoms with E-state index in [-0.39, 0.29) is 12.5 Å². The van der Waals surface area contributed by atoms with Crippen LogP contribution in [0.4, 0.5) is 5.69 Å². The molecule has 30 heavy (non-hydrogen) atoms. The lowest BCUT2D eigenvalue weighted by molar-refractivity contribution is -0.674. The lowest BCUT2D eigenvalue weighted by Crippen LogP contribution is -2.39. The fourth-order valence-electron chi connectivity index (χ4n) is 3.01. The molecule has 3 aromatic rings. The van der Waals surface area contributed by atoms with Crippen molar-refractivity contribution in [1.29, 1.82) is 0 Å². The second-order valence-electron chi connectivity index (χ2n) is 6.86. The summed E-state index contributed by atoms with van der Waals surface area (Å²) in [6, 6.07) is 15.8. The molecular formula is C23H27N4O3+. The van der Waals surface area contributed by atoms with Crippen molar-refractivity contribution in [2.75, 3.05) is 32.7 Å². The summed E-state index contributed by atoms with van der Waals surface area (Å²) in [6.07, 6.45) is 5.44. The summed E-state index contributed by atoms with van der Waals surface area (Å²) in [5.41, 5.74) is 3.01. The standard InChI is InChI=1S/C23H27N4O3/c1-5-30-22(28)17-26-14-15-27(23(26)19-8-12-21(29-4)13-9-19)24-16-18-6-10-20(11-7-18)25(2)3/h6-16H,5,17H2,1-4H3/q+1. The third kappa shape index (κ3) is 5.05. The molecule has 2 aromatic carbocycles. The van der Waals surface area contributed by atoms with E-state index < -0.39 is 0 Å². The predicted octanol–water partition coefficient (Wildman–Crippen LogP) is 2.96. The van der Waals surface area contributed by atoms with E-state index in [0.717, 1.165) is 28.4 Å². The molecule has 7 heteroatoms. The Hall–Kier alpha value is -3.61. The van der Waals surface area contributed by atoms with Crippen molar-refractivity contribution in [2.45, 2.75) is 13.5 Å². The van der Waals surface area contributed by atoms with Crippen molar-refractivity contribution in [2.24, 2.45) is 5.10 Å². The number of carbonyl (C=O) groups is 1. The van der Waals surface area contributed by atoms with Crippen molar-refractivity contribution >= 4 is 17.9 Å². The summed E-state index contributed by atoms with van der Waals surface area (Å²) in [7, 11) is 5.64. The molecule has 0 amide bonds. The van der Waals surface area contributed by atoms with Crippen LogP contribution in [0.25, 0.3) is 11.4 Å². The molecule has 0 aliphatic carbocycles. The highest BCUT2D eigenvalue weighted by Crippen LogP contribution is 2.20. The van der Waals surface area contributed by atoms with Crippen LogP contribution in [0.15, 0.2) is 66.0 Å². The molecule has 0 radical (unpaired) electrons. The monoisotopic (exact) mass is 407 g/mol. The average molecular weight is 407 g/mol. The van der Waals surface area contributed by atoms with Gasteiger partial charge in [0.1, 0.15) is 11.9 Å². The van der Waals surface area contributed by atoms with Crippen molar-refractivity contribution in [3.63, 3.8) is 0 Å². The first kappa shape index (κ1) is 21.1. The van der Waals surface area contributed by atoms with Gasteiger partial charge in [-0.1, -0.05) is 17.2 Å². The Bertz CT molecular complexity index is 1010. The van der Waals surface area contributed by atoms with E-state index in [1.54, 1.807) is 24.9 Å². The van der Waals surface area contributed by atoms with E-state index in [9.17, 15) is 4.79 Å². The van der Waals surface area contributed by atoms with Gasteiger partial charge in [0.2, 0.25) is 0 Å². The second-order valence-corrected chi connectivity index (χ2v) is 6.86. The predicted molar refractivity (Wildman–Crippen MR) is 117 cm³/mol. The van der Waals surface area contributed by atoms with Gasteiger partial charge in [0.15, 0.2) is 12.7 Å². The third-order valence-corrected chi connectivity index (χ3v) is 4.57. The number of aromatic nitrogens is 2. The maximum atomic E-state index is 12.1. The molecule has 0 fully saturated rings. The summed E-state index contributed by atoms with van der Waals surface area (Å²) in [5.74, 6) is 1.24. The van der Waals surface area contributed by atoms with E-state index in [0.29, 0.717) is 6.61 Å². The van der Waals surface area contributed by atoms with E-state index in [1.165, 1.54) is 0 Å². The van der Waals surface area contributed by atoms with Gasteiger partial charge in [-0.25, -0.2) is 9.36 Å². The first-order valence-electron chi connectivity index (χ1n) is 9.74. The van der Waals surface area contributed by atoms with Gasteiger partial charge in [0.25, 0.3) is 0 Å². The maximum Gasteiger partial charge on any atom is 0.348 e. The zero-order valence-electron chi connectivity index (χ0n) is 17.8. The van der Waals surface area contributed by atoms with Gasteiger partial charge in [-0.05, 0) is 48.9 Å². The number of esters is 1. The largest absolute Gasteiger partial charge is 0.497 e. The minimum Gasteiger partial charge on any atom is -0.497 e. The summed E-state index contributed by atoms with van der Waals surface area (Å²) in [4.78, 5) is 14.1. The molecule has 0 unspecified atom stereocenters. The van der Waals surface area contributed by atoms with E-state index in [4.69, 9.17) is 9.47 Å². The number of benzene rings is 2. The highest BCUT2D eigenvalue weighted by molar-refractivity contribution is 5.80. The zero-order valence-corrected chi connectivity index (χ0v) is 17.8. The van der Waals surface area contributed by atoms with Crippen LogP contribution in [0.1, 0.15) is 12.5 Å². The number of methoxy groups -OCH3 is 1. The van der Waals surface area contributed by atoms with Crippen LogP contribution in [0.2, 0.25) is 0 Å². The molecule has 7 nitrogen and oxygen atoms in total. The van der Waals surface area contributed by atoms with Gasteiger partial charge < -0.3 is 14.4 Å². The third-order valence-electron chi connectivity index (χ3n) is 4.57. The van der Waals surface area contributed by atoms with Crippen molar-refractivity contribution in [3.05, 3.63) is 66.5 Å².